The molecule has 7 heteroatoms. The summed E-state index contributed by atoms with van der Waals surface area (Å²) in [5, 5.41) is 0. The first-order valence-electron chi connectivity index (χ1n) is 14.3. The zero-order valence-corrected chi connectivity index (χ0v) is 26.0. The highest BCUT2D eigenvalue weighted by atomic mass is 16.7. The molecule has 40 heavy (non-hydrogen) atoms. The van der Waals surface area contributed by atoms with Crippen molar-refractivity contribution in [2.45, 2.75) is 98.6 Å². The predicted molar refractivity (Wildman–Crippen MR) is 167 cm³/mol. The van der Waals surface area contributed by atoms with Crippen molar-refractivity contribution in [1.29, 1.82) is 0 Å². The van der Waals surface area contributed by atoms with E-state index in [2.05, 4.69) is 142 Å². The number of nitrogens with zero attached hydrogens (tertiary/aromatic N) is 1. The Bertz CT molecular complexity index is 1260. The molecular weight excluding hydrogens is 496 g/mol. The van der Waals surface area contributed by atoms with E-state index in [1.54, 1.807) is 0 Å². The molecule has 2 saturated heterocycles. The van der Waals surface area contributed by atoms with Crippen molar-refractivity contribution in [3.63, 3.8) is 0 Å². The van der Waals surface area contributed by atoms with E-state index in [0.717, 1.165) is 22.3 Å². The Balaban J connectivity index is 1.51. The van der Waals surface area contributed by atoms with Gasteiger partial charge in [-0.15, -0.1) is 0 Å². The van der Waals surface area contributed by atoms with E-state index in [1.807, 2.05) is 0 Å². The number of anilines is 3. The minimum absolute atomic E-state index is 0.378. The topological polar surface area (TPSA) is 40.2 Å². The highest BCUT2D eigenvalue weighted by molar-refractivity contribution is 6.62. The van der Waals surface area contributed by atoms with Gasteiger partial charge in [0.05, 0.1) is 28.1 Å². The summed E-state index contributed by atoms with van der Waals surface area (Å²) in [5.74, 6) is 0. The Morgan fingerprint density at radius 1 is 0.500 bits per heavy atom. The van der Waals surface area contributed by atoms with Gasteiger partial charge in [0.15, 0.2) is 0 Å². The first-order valence-corrected chi connectivity index (χ1v) is 14.3. The molecule has 2 heterocycles. The molecular formula is C33H43B2NO4. The maximum absolute atomic E-state index is 6.30. The minimum Gasteiger partial charge on any atom is -0.399 e. The number of rotatable bonds is 5. The molecule has 0 N–H and O–H groups in total. The van der Waals surface area contributed by atoms with Crippen molar-refractivity contribution in [3.8, 4) is 0 Å². The van der Waals surface area contributed by atoms with Crippen LogP contribution in [0.25, 0.3) is 0 Å². The molecule has 0 bridgehead atoms. The van der Waals surface area contributed by atoms with Crippen molar-refractivity contribution in [2.75, 3.05) is 4.90 Å². The molecule has 5 rings (SSSR count). The Kier molecular flexibility index (Phi) is 7.07. The molecule has 3 aromatic rings. The summed E-state index contributed by atoms with van der Waals surface area (Å²) in [4.78, 5) is 2.33. The number of hydrogen-bond donors (Lipinski definition) is 0. The van der Waals surface area contributed by atoms with E-state index in [9.17, 15) is 0 Å². The average molecular weight is 539 g/mol. The molecule has 2 aliphatic heterocycles. The molecule has 0 unspecified atom stereocenters. The smallest absolute Gasteiger partial charge is 0.399 e. The van der Waals surface area contributed by atoms with Crippen LogP contribution in [-0.4, -0.2) is 36.6 Å². The molecule has 5 nitrogen and oxygen atoms in total. The first kappa shape index (κ1) is 28.9. The zero-order valence-electron chi connectivity index (χ0n) is 26.0. The van der Waals surface area contributed by atoms with Crippen LogP contribution in [0.1, 0.15) is 72.1 Å². The monoisotopic (exact) mass is 539 g/mol. The highest BCUT2D eigenvalue weighted by Crippen LogP contribution is 2.41. The van der Waals surface area contributed by atoms with E-state index in [-0.39, 0.29) is 22.4 Å². The summed E-state index contributed by atoms with van der Waals surface area (Å²) in [6.07, 6.45) is 0. The molecule has 0 radical (unpaired) electrons. The molecule has 3 aromatic carbocycles. The summed E-state index contributed by atoms with van der Waals surface area (Å²) < 4.78 is 25.2. The molecule has 0 atom stereocenters. The molecule has 210 valence electrons. The lowest BCUT2D eigenvalue weighted by atomic mass is 9.79. The van der Waals surface area contributed by atoms with Gasteiger partial charge in [-0.3, -0.25) is 0 Å². The molecule has 0 spiro atoms. The summed E-state index contributed by atoms with van der Waals surface area (Å²) >= 11 is 0. The van der Waals surface area contributed by atoms with Crippen molar-refractivity contribution in [1.82, 2.24) is 0 Å². The van der Waals surface area contributed by atoms with Crippen LogP contribution in [0.15, 0.2) is 60.7 Å². The zero-order chi connectivity index (χ0) is 29.3. The van der Waals surface area contributed by atoms with Crippen LogP contribution in [-0.2, 0) is 18.6 Å². The molecule has 0 amide bonds. The average Bonchev–Trinajstić information content (AvgIpc) is 3.21. The molecule has 2 fully saturated rings. The lowest BCUT2D eigenvalue weighted by Crippen LogP contribution is -2.41. The van der Waals surface area contributed by atoms with Crippen LogP contribution in [0.3, 0.4) is 0 Å². The Morgan fingerprint density at radius 2 is 0.800 bits per heavy atom. The van der Waals surface area contributed by atoms with Gasteiger partial charge < -0.3 is 23.5 Å². The molecule has 0 aliphatic carbocycles. The Morgan fingerprint density at radius 3 is 1.10 bits per heavy atom. The SMILES string of the molecule is Cc1cc(C)c(N(c2ccc(B3OC(C)(C)C(C)(C)O3)cc2)c2ccc(B3OC(C)(C)C(C)(C)O3)cc2)c(C)c1. The van der Waals surface area contributed by atoms with Crippen molar-refractivity contribution in [3.05, 3.63) is 77.4 Å². The van der Waals surface area contributed by atoms with Gasteiger partial charge in [-0.2, -0.15) is 0 Å². The standard InChI is InChI=1S/C33H43B2NO4/c1-22-20-23(2)29(24(3)21-22)36(27-16-12-25(13-17-27)34-37-30(4,5)31(6,7)38-34)28-18-14-26(15-19-28)35-39-32(8,9)33(10,11)40-35/h12-21H,1-11H3. The maximum Gasteiger partial charge on any atom is 0.494 e. The lowest BCUT2D eigenvalue weighted by Gasteiger charge is -2.32. The van der Waals surface area contributed by atoms with E-state index >= 15 is 0 Å². The summed E-state index contributed by atoms with van der Waals surface area (Å²) in [5.41, 5.74) is 7.53. The Labute approximate surface area is 241 Å². The van der Waals surface area contributed by atoms with E-state index in [1.165, 1.54) is 22.4 Å². The third-order valence-electron chi connectivity index (χ3n) is 9.21. The highest BCUT2D eigenvalue weighted by Gasteiger charge is 2.52. The van der Waals surface area contributed by atoms with Gasteiger partial charge in [0.1, 0.15) is 0 Å². The van der Waals surface area contributed by atoms with Crippen molar-refractivity contribution >= 4 is 42.2 Å². The fourth-order valence-electron chi connectivity index (χ4n) is 5.45. The second-order valence-electron chi connectivity index (χ2n) is 13.4. The van der Waals surface area contributed by atoms with Crippen LogP contribution in [0.2, 0.25) is 0 Å². The van der Waals surface area contributed by atoms with Gasteiger partial charge in [0.25, 0.3) is 0 Å². The predicted octanol–water partition coefficient (Wildman–Crippen LogP) is 6.68. The van der Waals surface area contributed by atoms with Crippen molar-refractivity contribution < 1.29 is 18.6 Å². The van der Waals surface area contributed by atoms with Gasteiger partial charge in [0.2, 0.25) is 0 Å². The summed E-state index contributed by atoms with van der Waals surface area (Å²) in [6.45, 7) is 23.2. The van der Waals surface area contributed by atoms with Crippen LogP contribution < -0.4 is 15.8 Å². The molecule has 2 aliphatic rings. The third-order valence-corrected chi connectivity index (χ3v) is 9.21. The van der Waals surface area contributed by atoms with Gasteiger partial charge in [0, 0.05) is 11.4 Å². The number of aryl methyl sites for hydroxylation is 3. The second kappa shape index (κ2) is 9.77. The van der Waals surface area contributed by atoms with E-state index in [0.29, 0.717) is 0 Å². The van der Waals surface area contributed by atoms with E-state index < -0.39 is 14.2 Å². The first-order chi connectivity index (χ1) is 18.5. The van der Waals surface area contributed by atoms with Crippen LogP contribution in [0, 0.1) is 20.8 Å². The quantitative estimate of drug-likeness (QED) is 0.339. The third kappa shape index (κ3) is 5.02. The van der Waals surface area contributed by atoms with Crippen LogP contribution in [0.5, 0.6) is 0 Å². The minimum atomic E-state index is -0.394. The van der Waals surface area contributed by atoms with Gasteiger partial charge in [-0.05, 0) is 122 Å². The maximum atomic E-state index is 6.30. The van der Waals surface area contributed by atoms with E-state index in [4.69, 9.17) is 18.6 Å². The summed E-state index contributed by atoms with van der Waals surface area (Å²) in [7, 11) is -0.788. The largest absolute Gasteiger partial charge is 0.494 e. The molecule has 0 aromatic heterocycles. The van der Waals surface area contributed by atoms with Gasteiger partial charge in [-0.25, -0.2) is 0 Å². The second-order valence-corrected chi connectivity index (χ2v) is 13.4. The van der Waals surface area contributed by atoms with Gasteiger partial charge in [-0.1, -0.05) is 42.0 Å². The Hall–Kier alpha value is -2.57. The van der Waals surface area contributed by atoms with Crippen LogP contribution >= 0.6 is 0 Å². The van der Waals surface area contributed by atoms with Gasteiger partial charge >= 0.3 is 14.2 Å². The fraction of sp³-hybridized carbons (Fsp3) is 0.455. The normalized spacial score (nSPS) is 20.7. The van der Waals surface area contributed by atoms with Crippen LogP contribution in [0.4, 0.5) is 17.1 Å². The number of benzene rings is 3. The molecule has 0 saturated carbocycles. The van der Waals surface area contributed by atoms with Crippen molar-refractivity contribution in [2.24, 2.45) is 0 Å². The fourth-order valence-corrected chi connectivity index (χ4v) is 5.45. The number of hydrogen-bond acceptors (Lipinski definition) is 5. The lowest BCUT2D eigenvalue weighted by molar-refractivity contribution is 0.00578. The summed E-state index contributed by atoms with van der Waals surface area (Å²) in [6, 6.07) is 21.6.